The normalized spacial score (nSPS) is 19.4. The monoisotopic (exact) mass is 347 g/mol. The quantitative estimate of drug-likeness (QED) is 0.785. The van der Waals surface area contributed by atoms with E-state index in [1.165, 1.54) is 16.9 Å². The van der Waals surface area contributed by atoms with Crippen molar-refractivity contribution in [1.82, 2.24) is 24.5 Å². The zero-order chi connectivity index (χ0) is 17.4. The van der Waals surface area contributed by atoms with Gasteiger partial charge in [0, 0.05) is 18.6 Å². The summed E-state index contributed by atoms with van der Waals surface area (Å²) in [5, 5.41) is 7.93. The first-order valence-corrected chi connectivity index (χ1v) is 7.00. The summed E-state index contributed by atoms with van der Waals surface area (Å²) >= 11 is 0. The van der Waals surface area contributed by atoms with Crippen molar-refractivity contribution in [3.05, 3.63) is 36.4 Å². The van der Waals surface area contributed by atoms with Crippen molar-refractivity contribution in [2.75, 3.05) is 13.1 Å². The molecule has 1 aliphatic heterocycles. The van der Waals surface area contributed by atoms with Gasteiger partial charge in [-0.2, -0.15) is 27.8 Å². The summed E-state index contributed by atoms with van der Waals surface area (Å²) in [6.45, 7) is -1.64. The molecule has 0 N–H and O–H groups in total. The number of halogens is 4. The number of ether oxygens (including phenoxy) is 1. The molecule has 1 amide bonds. The van der Waals surface area contributed by atoms with Crippen LogP contribution in [0.25, 0.3) is 0 Å². The number of aromatic nitrogens is 4. The van der Waals surface area contributed by atoms with Gasteiger partial charge < -0.3 is 4.90 Å². The SMILES string of the molecule is O=C(c1ccn(CCn2cccn2)n1)N1CC(F)(F)OC(F)(F)C1. The van der Waals surface area contributed by atoms with Gasteiger partial charge in [-0.25, -0.2) is 0 Å². The molecule has 0 aliphatic carbocycles. The van der Waals surface area contributed by atoms with E-state index in [1.807, 2.05) is 0 Å². The topological polar surface area (TPSA) is 65.2 Å². The van der Waals surface area contributed by atoms with Gasteiger partial charge >= 0.3 is 12.2 Å². The van der Waals surface area contributed by atoms with E-state index in [1.54, 1.807) is 23.1 Å². The van der Waals surface area contributed by atoms with Crippen molar-refractivity contribution < 1.29 is 27.1 Å². The predicted molar refractivity (Wildman–Crippen MR) is 71.3 cm³/mol. The average molecular weight is 347 g/mol. The second kappa shape index (κ2) is 5.89. The maximum atomic E-state index is 13.2. The van der Waals surface area contributed by atoms with Gasteiger partial charge in [0.05, 0.1) is 13.1 Å². The number of hydrogen-bond acceptors (Lipinski definition) is 4. The van der Waals surface area contributed by atoms with E-state index < -0.39 is 31.2 Å². The summed E-state index contributed by atoms with van der Waals surface area (Å²) < 4.78 is 59.1. The van der Waals surface area contributed by atoms with Gasteiger partial charge in [-0.1, -0.05) is 0 Å². The molecule has 0 atom stereocenters. The van der Waals surface area contributed by atoms with Crippen LogP contribution in [-0.2, 0) is 17.8 Å². The van der Waals surface area contributed by atoms with Crippen LogP contribution in [-0.4, -0.2) is 55.7 Å². The van der Waals surface area contributed by atoms with Gasteiger partial charge in [-0.15, -0.1) is 0 Å². The van der Waals surface area contributed by atoms with E-state index in [2.05, 4.69) is 14.9 Å². The molecule has 2 aromatic heterocycles. The van der Waals surface area contributed by atoms with E-state index in [4.69, 9.17) is 0 Å². The molecule has 24 heavy (non-hydrogen) atoms. The number of nitrogens with zero attached hydrogens (tertiary/aromatic N) is 5. The molecule has 0 spiro atoms. The fraction of sp³-hybridized carbons (Fsp3) is 0.462. The summed E-state index contributed by atoms with van der Waals surface area (Å²) in [6, 6.07) is 3.04. The average Bonchev–Trinajstić information content (AvgIpc) is 3.12. The third-order valence-corrected chi connectivity index (χ3v) is 3.31. The molecular weight excluding hydrogens is 334 g/mol. The molecule has 0 aromatic carbocycles. The molecule has 3 rings (SSSR count). The van der Waals surface area contributed by atoms with Crippen LogP contribution in [0.4, 0.5) is 17.6 Å². The Bertz CT molecular complexity index is 700. The fourth-order valence-electron chi connectivity index (χ4n) is 2.33. The second-order valence-corrected chi connectivity index (χ2v) is 5.27. The largest absolute Gasteiger partial charge is 0.377 e. The first-order chi connectivity index (χ1) is 11.2. The molecule has 2 aromatic rings. The number of alkyl halides is 4. The molecule has 0 saturated carbocycles. The van der Waals surface area contributed by atoms with Crippen molar-refractivity contribution in [3.8, 4) is 0 Å². The molecule has 1 fully saturated rings. The first kappa shape index (κ1) is 16.4. The van der Waals surface area contributed by atoms with Crippen LogP contribution < -0.4 is 0 Å². The Morgan fingerprint density at radius 3 is 2.42 bits per heavy atom. The van der Waals surface area contributed by atoms with Crippen LogP contribution >= 0.6 is 0 Å². The Labute approximate surface area is 133 Å². The van der Waals surface area contributed by atoms with Crippen molar-refractivity contribution in [3.63, 3.8) is 0 Å². The maximum Gasteiger partial charge on any atom is 0.377 e. The lowest BCUT2D eigenvalue weighted by atomic mass is 10.3. The molecular formula is C13H13F4N5O2. The van der Waals surface area contributed by atoms with E-state index in [0.717, 1.165) is 0 Å². The minimum absolute atomic E-state index is 0.191. The van der Waals surface area contributed by atoms with Gasteiger partial charge in [0.25, 0.3) is 5.91 Å². The van der Waals surface area contributed by atoms with Gasteiger partial charge in [-0.3, -0.25) is 18.9 Å². The zero-order valence-electron chi connectivity index (χ0n) is 12.3. The van der Waals surface area contributed by atoms with Crippen molar-refractivity contribution in [1.29, 1.82) is 0 Å². The second-order valence-electron chi connectivity index (χ2n) is 5.27. The smallest absolute Gasteiger partial charge is 0.320 e. The van der Waals surface area contributed by atoms with Crippen LogP contribution in [0, 0.1) is 0 Å². The summed E-state index contributed by atoms with van der Waals surface area (Å²) in [6.07, 6.45) is -3.40. The number of carbonyl (C=O) groups excluding carboxylic acids is 1. The zero-order valence-corrected chi connectivity index (χ0v) is 12.3. The third kappa shape index (κ3) is 3.72. The van der Waals surface area contributed by atoms with E-state index in [0.29, 0.717) is 18.0 Å². The summed E-state index contributed by atoms with van der Waals surface area (Å²) in [4.78, 5) is 12.5. The minimum Gasteiger partial charge on any atom is -0.320 e. The van der Waals surface area contributed by atoms with Gasteiger partial charge in [0.15, 0.2) is 0 Å². The molecule has 130 valence electrons. The maximum absolute atomic E-state index is 13.2. The minimum atomic E-state index is -4.11. The Balaban J connectivity index is 1.67. The predicted octanol–water partition coefficient (Wildman–Crippen LogP) is 1.44. The number of hydrogen-bond donors (Lipinski definition) is 0. The highest BCUT2D eigenvalue weighted by Gasteiger charge is 2.53. The van der Waals surface area contributed by atoms with Crippen LogP contribution in [0.5, 0.6) is 0 Å². The highest BCUT2D eigenvalue weighted by atomic mass is 19.3. The number of morpholine rings is 1. The van der Waals surface area contributed by atoms with E-state index in [9.17, 15) is 22.4 Å². The number of aryl methyl sites for hydroxylation is 2. The molecule has 0 unspecified atom stereocenters. The molecule has 7 nitrogen and oxygen atoms in total. The lowest BCUT2D eigenvalue weighted by Crippen LogP contribution is -2.56. The van der Waals surface area contributed by atoms with Gasteiger partial charge in [0.2, 0.25) is 0 Å². The number of carbonyl (C=O) groups is 1. The summed E-state index contributed by atoms with van der Waals surface area (Å²) in [7, 11) is 0. The molecule has 1 saturated heterocycles. The van der Waals surface area contributed by atoms with Gasteiger partial charge in [0.1, 0.15) is 18.8 Å². The molecule has 1 aliphatic rings. The molecule has 0 bridgehead atoms. The lowest BCUT2D eigenvalue weighted by molar-refractivity contribution is -0.400. The summed E-state index contributed by atoms with van der Waals surface area (Å²) in [5.74, 6) is -1.00. The van der Waals surface area contributed by atoms with Crippen molar-refractivity contribution >= 4 is 5.91 Å². The number of rotatable bonds is 4. The molecule has 0 radical (unpaired) electrons. The highest BCUT2D eigenvalue weighted by Crippen LogP contribution is 2.33. The Morgan fingerprint density at radius 1 is 1.12 bits per heavy atom. The van der Waals surface area contributed by atoms with E-state index >= 15 is 0 Å². The Kier molecular flexibility index (Phi) is 4.03. The number of amides is 1. The standard InChI is InChI=1S/C13H13F4N5O2/c14-12(15)8-20(9-13(16,17)24-12)11(23)10-2-5-22(19-10)7-6-21-4-1-3-18-21/h1-5H,6-9H2. The Morgan fingerprint density at radius 2 is 1.79 bits per heavy atom. The molecule has 3 heterocycles. The lowest BCUT2D eigenvalue weighted by Gasteiger charge is -2.36. The van der Waals surface area contributed by atoms with Crippen molar-refractivity contribution in [2.24, 2.45) is 0 Å². The van der Waals surface area contributed by atoms with Crippen LogP contribution in [0.3, 0.4) is 0 Å². The van der Waals surface area contributed by atoms with Crippen LogP contribution in [0.15, 0.2) is 30.7 Å². The van der Waals surface area contributed by atoms with Gasteiger partial charge in [-0.05, 0) is 12.1 Å². The van der Waals surface area contributed by atoms with Crippen molar-refractivity contribution in [2.45, 2.75) is 25.3 Å². The fourth-order valence-corrected chi connectivity index (χ4v) is 2.33. The first-order valence-electron chi connectivity index (χ1n) is 7.00. The third-order valence-electron chi connectivity index (χ3n) is 3.31. The van der Waals surface area contributed by atoms with Crippen LogP contribution in [0.2, 0.25) is 0 Å². The Hall–Kier alpha value is -2.43. The molecule has 11 heteroatoms. The summed E-state index contributed by atoms with van der Waals surface area (Å²) in [5.41, 5.74) is -0.191. The van der Waals surface area contributed by atoms with E-state index in [-0.39, 0.29) is 5.69 Å². The highest BCUT2D eigenvalue weighted by molar-refractivity contribution is 5.92. The van der Waals surface area contributed by atoms with Crippen LogP contribution in [0.1, 0.15) is 10.5 Å².